The summed E-state index contributed by atoms with van der Waals surface area (Å²) in [6.45, 7) is 0. The molecule has 3 heteroatoms. The first-order valence-electron chi connectivity index (χ1n) is 6.55. The van der Waals surface area contributed by atoms with E-state index < -0.39 is 0 Å². The van der Waals surface area contributed by atoms with Crippen molar-refractivity contribution in [3.8, 4) is 0 Å². The summed E-state index contributed by atoms with van der Waals surface area (Å²) in [5, 5.41) is 0. The molecule has 94 valence electrons. The van der Waals surface area contributed by atoms with Crippen molar-refractivity contribution in [1.82, 2.24) is 4.98 Å². The van der Waals surface area contributed by atoms with Gasteiger partial charge >= 0.3 is 0 Å². The number of hydrogen-bond acceptors (Lipinski definition) is 3. The van der Waals surface area contributed by atoms with E-state index in [1.54, 1.807) is 11.3 Å². The van der Waals surface area contributed by atoms with Crippen LogP contribution in [0.1, 0.15) is 34.8 Å². The molecule has 3 rings (SSSR count). The van der Waals surface area contributed by atoms with Gasteiger partial charge < -0.3 is 5.73 Å². The lowest BCUT2D eigenvalue weighted by molar-refractivity contribution is 0.461. The summed E-state index contributed by atoms with van der Waals surface area (Å²) in [7, 11) is 0. The summed E-state index contributed by atoms with van der Waals surface area (Å²) in [4.78, 5) is 5.42. The number of benzene rings is 1. The number of nitrogens with two attached hydrogens (primary N) is 1. The highest BCUT2D eigenvalue weighted by Crippen LogP contribution is 2.34. The van der Waals surface area contributed by atoms with E-state index in [4.69, 9.17) is 5.73 Å². The third-order valence-electron chi connectivity index (χ3n) is 3.85. The first kappa shape index (κ1) is 11.9. The lowest BCUT2D eigenvalue weighted by Crippen LogP contribution is -2.32. The van der Waals surface area contributed by atoms with Gasteiger partial charge in [0.05, 0.1) is 5.51 Å². The lowest BCUT2D eigenvalue weighted by Gasteiger charge is -2.30. The molecule has 18 heavy (non-hydrogen) atoms. The topological polar surface area (TPSA) is 38.9 Å². The van der Waals surface area contributed by atoms with Crippen molar-refractivity contribution in [2.24, 2.45) is 5.73 Å². The minimum Gasteiger partial charge on any atom is -0.327 e. The average Bonchev–Trinajstić information content (AvgIpc) is 2.91. The molecule has 1 aromatic carbocycles. The Morgan fingerprint density at radius 3 is 3.11 bits per heavy atom. The average molecular weight is 258 g/mol. The summed E-state index contributed by atoms with van der Waals surface area (Å²) in [6.07, 6.45) is 6.58. The van der Waals surface area contributed by atoms with Crippen LogP contribution in [-0.2, 0) is 12.8 Å². The predicted molar refractivity (Wildman–Crippen MR) is 75.9 cm³/mol. The maximum absolute atomic E-state index is 6.43. The third-order valence-corrected chi connectivity index (χ3v) is 4.65. The highest BCUT2D eigenvalue weighted by molar-refractivity contribution is 7.09. The predicted octanol–water partition coefficient (Wildman–Crippen LogP) is 3.13. The molecule has 0 aliphatic heterocycles. The van der Waals surface area contributed by atoms with Crippen LogP contribution in [0.3, 0.4) is 0 Å². The van der Waals surface area contributed by atoms with Gasteiger partial charge in [0, 0.05) is 17.1 Å². The smallest absolute Gasteiger partial charge is 0.0794 e. The summed E-state index contributed by atoms with van der Waals surface area (Å²) in [5.74, 6) is 0.511. The van der Waals surface area contributed by atoms with E-state index in [0.29, 0.717) is 5.92 Å². The van der Waals surface area contributed by atoms with Crippen LogP contribution in [-0.4, -0.2) is 11.0 Å². The first-order chi connectivity index (χ1) is 8.84. The van der Waals surface area contributed by atoms with E-state index in [1.807, 2.05) is 11.7 Å². The molecule has 0 radical (unpaired) electrons. The van der Waals surface area contributed by atoms with Crippen LogP contribution >= 0.6 is 11.3 Å². The zero-order valence-electron chi connectivity index (χ0n) is 10.4. The zero-order valence-corrected chi connectivity index (χ0v) is 11.2. The van der Waals surface area contributed by atoms with Gasteiger partial charge in [-0.1, -0.05) is 24.3 Å². The van der Waals surface area contributed by atoms with Gasteiger partial charge in [-0.25, -0.2) is 0 Å². The second-order valence-electron chi connectivity index (χ2n) is 5.03. The molecule has 2 nitrogen and oxygen atoms in total. The van der Waals surface area contributed by atoms with Gasteiger partial charge in [-0.2, -0.15) is 0 Å². The molecule has 0 spiro atoms. The second-order valence-corrected chi connectivity index (χ2v) is 6.00. The van der Waals surface area contributed by atoms with E-state index in [2.05, 4.69) is 29.2 Å². The molecule has 2 unspecified atom stereocenters. The van der Waals surface area contributed by atoms with Crippen LogP contribution in [0.25, 0.3) is 0 Å². The van der Waals surface area contributed by atoms with Gasteiger partial charge in [0.1, 0.15) is 0 Å². The van der Waals surface area contributed by atoms with Crippen LogP contribution < -0.4 is 5.73 Å². The molecule has 0 amide bonds. The van der Waals surface area contributed by atoms with Crippen molar-refractivity contribution >= 4 is 11.3 Å². The molecular weight excluding hydrogens is 240 g/mol. The summed E-state index contributed by atoms with van der Waals surface area (Å²) in [6, 6.07) is 8.99. The monoisotopic (exact) mass is 258 g/mol. The zero-order chi connectivity index (χ0) is 12.4. The largest absolute Gasteiger partial charge is 0.327 e. The number of fused-ring (bicyclic) bond motifs is 1. The molecule has 2 N–H and O–H groups in total. The number of aromatic nitrogens is 1. The van der Waals surface area contributed by atoms with Crippen molar-refractivity contribution in [2.45, 2.75) is 37.6 Å². The molecular formula is C15H18N2S. The molecule has 0 fully saturated rings. The molecule has 0 saturated heterocycles. The minimum absolute atomic E-state index is 0.215. The van der Waals surface area contributed by atoms with E-state index in [0.717, 1.165) is 6.42 Å². The Labute approximate surface area is 112 Å². The first-order valence-corrected chi connectivity index (χ1v) is 7.43. The Bertz CT molecular complexity index is 507. The van der Waals surface area contributed by atoms with Crippen LogP contribution in [0.15, 0.2) is 36.0 Å². The highest BCUT2D eigenvalue weighted by Gasteiger charge is 2.25. The normalized spacial score (nSPS) is 20.4. The van der Waals surface area contributed by atoms with Crippen LogP contribution in [0.5, 0.6) is 0 Å². The summed E-state index contributed by atoms with van der Waals surface area (Å²) in [5.41, 5.74) is 11.3. The highest BCUT2D eigenvalue weighted by atomic mass is 32.1. The van der Waals surface area contributed by atoms with Gasteiger partial charge in [-0.05, 0) is 42.7 Å². The fraction of sp³-hybridized carbons (Fsp3) is 0.400. The van der Waals surface area contributed by atoms with E-state index in [-0.39, 0.29) is 6.04 Å². The fourth-order valence-electron chi connectivity index (χ4n) is 2.95. The lowest BCUT2D eigenvalue weighted by atomic mass is 9.78. The fourth-order valence-corrected chi connectivity index (χ4v) is 3.62. The van der Waals surface area contributed by atoms with Gasteiger partial charge in [0.2, 0.25) is 0 Å². The van der Waals surface area contributed by atoms with Crippen molar-refractivity contribution in [2.75, 3.05) is 0 Å². The maximum atomic E-state index is 6.43. The number of aryl methyl sites for hydroxylation is 1. The van der Waals surface area contributed by atoms with Crippen LogP contribution in [0.2, 0.25) is 0 Å². The molecule has 0 bridgehead atoms. The van der Waals surface area contributed by atoms with Crippen LogP contribution in [0.4, 0.5) is 0 Å². The Hall–Kier alpha value is -1.19. The number of thiazole rings is 1. The van der Waals surface area contributed by atoms with Crippen molar-refractivity contribution in [3.63, 3.8) is 0 Å². The quantitative estimate of drug-likeness (QED) is 0.918. The Morgan fingerprint density at radius 1 is 1.39 bits per heavy atom. The van der Waals surface area contributed by atoms with Gasteiger partial charge in [0.25, 0.3) is 0 Å². The Morgan fingerprint density at radius 2 is 2.28 bits per heavy atom. The molecule has 1 aromatic heterocycles. The van der Waals surface area contributed by atoms with Crippen molar-refractivity contribution in [1.29, 1.82) is 0 Å². The van der Waals surface area contributed by atoms with Crippen LogP contribution in [0, 0.1) is 0 Å². The van der Waals surface area contributed by atoms with Gasteiger partial charge in [-0.3, -0.25) is 4.98 Å². The molecule has 1 aliphatic carbocycles. The molecule has 1 aliphatic rings. The van der Waals surface area contributed by atoms with Gasteiger partial charge in [-0.15, -0.1) is 11.3 Å². The van der Waals surface area contributed by atoms with Crippen molar-refractivity contribution < 1.29 is 0 Å². The van der Waals surface area contributed by atoms with Gasteiger partial charge in [0.15, 0.2) is 0 Å². The third kappa shape index (κ3) is 2.33. The molecule has 1 heterocycles. The molecule has 2 aromatic rings. The number of hydrogen-bond donors (Lipinski definition) is 1. The summed E-state index contributed by atoms with van der Waals surface area (Å²) >= 11 is 1.71. The standard InChI is InChI=1S/C15H18N2S/c16-15(8-12-9-17-10-18-12)14-7-3-5-11-4-1-2-6-13(11)14/h1-2,4,6,9-10,14-15H,3,5,7-8,16H2. The molecule has 0 saturated carbocycles. The van der Waals surface area contributed by atoms with E-state index in [1.165, 1.54) is 35.3 Å². The summed E-state index contributed by atoms with van der Waals surface area (Å²) < 4.78 is 0. The van der Waals surface area contributed by atoms with E-state index in [9.17, 15) is 0 Å². The SMILES string of the molecule is NC(Cc1cncs1)C1CCCc2ccccc21. The second kappa shape index (κ2) is 5.21. The maximum Gasteiger partial charge on any atom is 0.0794 e. The number of nitrogens with zero attached hydrogens (tertiary/aromatic N) is 1. The van der Waals surface area contributed by atoms with E-state index >= 15 is 0 Å². The Kier molecular flexibility index (Phi) is 3.43. The minimum atomic E-state index is 0.215. The molecule has 2 atom stereocenters. The Balaban J connectivity index is 1.80. The number of rotatable bonds is 3. The van der Waals surface area contributed by atoms with Crippen molar-refractivity contribution in [3.05, 3.63) is 52.0 Å².